The Bertz CT molecular complexity index is 689. The molecule has 0 aliphatic carbocycles. The van der Waals surface area contributed by atoms with Gasteiger partial charge in [-0.1, -0.05) is 15.9 Å². The van der Waals surface area contributed by atoms with Crippen LogP contribution in [0, 0.1) is 0 Å². The molecule has 0 aliphatic heterocycles. The van der Waals surface area contributed by atoms with Crippen LogP contribution < -0.4 is 4.74 Å². The molecule has 3 aromatic rings. The van der Waals surface area contributed by atoms with Gasteiger partial charge in [0.1, 0.15) is 12.1 Å². The number of ether oxygens (including phenoxy) is 1. The molecule has 0 fully saturated rings. The van der Waals surface area contributed by atoms with Crippen LogP contribution in [0.3, 0.4) is 0 Å². The molecular weight excluding hydrogens is 292 g/mol. The fourth-order valence-electron chi connectivity index (χ4n) is 1.93. The van der Waals surface area contributed by atoms with Crippen molar-refractivity contribution in [3.8, 4) is 11.4 Å². The van der Waals surface area contributed by atoms with Crippen LogP contribution in [0.25, 0.3) is 16.7 Å². The SMILES string of the molecule is COc1ccc(-n2cnc3cc(Br)ccc32)cc1. The van der Waals surface area contributed by atoms with E-state index in [1.54, 1.807) is 7.11 Å². The van der Waals surface area contributed by atoms with Crippen LogP contribution in [0.2, 0.25) is 0 Å². The fraction of sp³-hybridized carbons (Fsp3) is 0.0714. The second kappa shape index (κ2) is 4.46. The van der Waals surface area contributed by atoms with E-state index in [4.69, 9.17) is 4.74 Å². The van der Waals surface area contributed by atoms with Crippen LogP contribution in [0.4, 0.5) is 0 Å². The third-order valence-corrected chi connectivity index (χ3v) is 3.35. The first-order chi connectivity index (χ1) is 8.78. The highest BCUT2D eigenvalue weighted by molar-refractivity contribution is 9.10. The van der Waals surface area contributed by atoms with Crippen LogP contribution in [0.15, 0.2) is 53.3 Å². The fourth-order valence-corrected chi connectivity index (χ4v) is 2.28. The lowest BCUT2D eigenvalue weighted by atomic mass is 10.2. The van der Waals surface area contributed by atoms with Gasteiger partial charge in [0, 0.05) is 10.2 Å². The Morgan fingerprint density at radius 1 is 1.11 bits per heavy atom. The maximum atomic E-state index is 5.16. The Labute approximate surface area is 113 Å². The van der Waals surface area contributed by atoms with Gasteiger partial charge in [-0.05, 0) is 42.5 Å². The van der Waals surface area contributed by atoms with Crippen LogP contribution in [0.1, 0.15) is 0 Å². The Kier molecular flexibility index (Phi) is 2.80. The third kappa shape index (κ3) is 1.88. The molecule has 18 heavy (non-hydrogen) atoms. The number of nitrogens with zero attached hydrogens (tertiary/aromatic N) is 2. The van der Waals surface area contributed by atoms with E-state index in [0.717, 1.165) is 26.9 Å². The molecule has 3 rings (SSSR count). The van der Waals surface area contributed by atoms with Crippen LogP contribution in [-0.2, 0) is 0 Å². The van der Waals surface area contributed by atoms with Crippen LogP contribution in [0.5, 0.6) is 5.75 Å². The van der Waals surface area contributed by atoms with Gasteiger partial charge >= 0.3 is 0 Å². The minimum Gasteiger partial charge on any atom is -0.497 e. The van der Waals surface area contributed by atoms with Crippen molar-refractivity contribution in [3.05, 3.63) is 53.3 Å². The zero-order valence-electron chi connectivity index (χ0n) is 9.80. The number of hydrogen-bond acceptors (Lipinski definition) is 2. The molecule has 0 saturated heterocycles. The van der Waals surface area contributed by atoms with Gasteiger partial charge < -0.3 is 4.74 Å². The molecule has 0 amide bonds. The van der Waals surface area contributed by atoms with Crippen molar-refractivity contribution in [2.75, 3.05) is 7.11 Å². The summed E-state index contributed by atoms with van der Waals surface area (Å²) in [4.78, 5) is 4.40. The topological polar surface area (TPSA) is 27.1 Å². The number of halogens is 1. The van der Waals surface area contributed by atoms with Crippen molar-refractivity contribution in [2.45, 2.75) is 0 Å². The number of aromatic nitrogens is 2. The zero-order valence-corrected chi connectivity index (χ0v) is 11.4. The van der Waals surface area contributed by atoms with Gasteiger partial charge in [0.25, 0.3) is 0 Å². The van der Waals surface area contributed by atoms with Crippen molar-refractivity contribution in [1.82, 2.24) is 9.55 Å². The number of benzene rings is 2. The molecule has 0 atom stereocenters. The maximum Gasteiger partial charge on any atom is 0.119 e. The summed E-state index contributed by atoms with van der Waals surface area (Å²) in [6.07, 6.45) is 1.83. The molecule has 0 bridgehead atoms. The van der Waals surface area contributed by atoms with E-state index in [2.05, 4.69) is 31.5 Å². The standard InChI is InChI=1S/C14H11BrN2O/c1-18-12-5-3-11(4-6-12)17-9-16-13-8-10(15)2-7-14(13)17/h2-9H,1H3. The quantitative estimate of drug-likeness (QED) is 0.720. The third-order valence-electron chi connectivity index (χ3n) is 2.86. The minimum atomic E-state index is 0.853. The van der Waals surface area contributed by atoms with Gasteiger partial charge in [-0.25, -0.2) is 4.98 Å². The van der Waals surface area contributed by atoms with Gasteiger partial charge in [-0.3, -0.25) is 4.57 Å². The Balaban J connectivity index is 2.13. The number of hydrogen-bond donors (Lipinski definition) is 0. The molecule has 3 nitrogen and oxygen atoms in total. The second-order valence-electron chi connectivity index (χ2n) is 3.95. The molecule has 1 aromatic heterocycles. The number of methoxy groups -OCH3 is 1. The smallest absolute Gasteiger partial charge is 0.119 e. The summed E-state index contributed by atoms with van der Waals surface area (Å²) >= 11 is 3.45. The average molecular weight is 303 g/mol. The van der Waals surface area contributed by atoms with Crippen molar-refractivity contribution in [2.24, 2.45) is 0 Å². The Morgan fingerprint density at radius 2 is 1.89 bits per heavy atom. The van der Waals surface area contributed by atoms with Crippen molar-refractivity contribution in [1.29, 1.82) is 0 Å². The van der Waals surface area contributed by atoms with Gasteiger partial charge in [-0.15, -0.1) is 0 Å². The average Bonchev–Trinajstić information content (AvgIpc) is 2.81. The highest BCUT2D eigenvalue weighted by atomic mass is 79.9. The van der Waals surface area contributed by atoms with E-state index in [1.807, 2.05) is 42.7 Å². The summed E-state index contributed by atoms with van der Waals surface area (Å²) in [5, 5.41) is 0. The zero-order chi connectivity index (χ0) is 12.5. The summed E-state index contributed by atoms with van der Waals surface area (Å²) in [7, 11) is 1.67. The van der Waals surface area contributed by atoms with Gasteiger partial charge in [0.05, 0.1) is 18.1 Å². The first-order valence-corrected chi connectivity index (χ1v) is 6.34. The van der Waals surface area contributed by atoms with Crippen molar-refractivity contribution in [3.63, 3.8) is 0 Å². The minimum absolute atomic E-state index is 0.853. The van der Waals surface area contributed by atoms with Gasteiger partial charge in [-0.2, -0.15) is 0 Å². The predicted octanol–water partition coefficient (Wildman–Crippen LogP) is 3.80. The van der Waals surface area contributed by atoms with Crippen LogP contribution in [-0.4, -0.2) is 16.7 Å². The summed E-state index contributed by atoms with van der Waals surface area (Å²) in [6.45, 7) is 0. The summed E-state index contributed by atoms with van der Waals surface area (Å²) in [5.41, 5.74) is 3.13. The van der Waals surface area contributed by atoms with E-state index < -0.39 is 0 Å². The van der Waals surface area contributed by atoms with E-state index in [1.165, 1.54) is 0 Å². The molecule has 0 aliphatic rings. The van der Waals surface area contributed by atoms with E-state index in [9.17, 15) is 0 Å². The lowest BCUT2D eigenvalue weighted by Gasteiger charge is -2.05. The van der Waals surface area contributed by atoms with Crippen molar-refractivity contribution >= 4 is 27.0 Å². The monoisotopic (exact) mass is 302 g/mol. The molecule has 2 aromatic carbocycles. The first-order valence-electron chi connectivity index (χ1n) is 5.55. The highest BCUT2D eigenvalue weighted by Gasteiger charge is 2.04. The Morgan fingerprint density at radius 3 is 2.61 bits per heavy atom. The molecule has 90 valence electrons. The molecule has 0 unspecified atom stereocenters. The molecule has 0 spiro atoms. The number of rotatable bonds is 2. The van der Waals surface area contributed by atoms with Crippen molar-refractivity contribution < 1.29 is 4.74 Å². The lowest BCUT2D eigenvalue weighted by Crippen LogP contribution is -1.91. The summed E-state index contributed by atoms with van der Waals surface area (Å²) < 4.78 is 8.25. The number of imidazole rings is 1. The predicted molar refractivity (Wildman–Crippen MR) is 75.3 cm³/mol. The molecule has 0 saturated carbocycles. The second-order valence-corrected chi connectivity index (χ2v) is 4.86. The first kappa shape index (κ1) is 11.3. The maximum absolute atomic E-state index is 5.16. The van der Waals surface area contributed by atoms with E-state index in [-0.39, 0.29) is 0 Å². The molecule has 1 heterocycles. The highest BCUT2D eigenvalue weighted by Crippen LogP contribution is 2.22. The summed E-state index contributed by atoms with van der Waals surface area (Å²) in [5.74, 6) is 0.853. The normalized spacial score (nSPS) is 10.8. The molecular formula is C14H11BrN2O. The number of fused-ring (bicyclic) bond motifs is 1. The summed E-state index contributed by atoms with van der Waals surface area (Å²) in [6, 6.07) is 14.0. The van der Waals surface area contributed by atoms with E-state index in [0.29, 0.717) is 0 Å². The van der Waals surface area contributed by atoms with Gasteiger partial charge in [0.15, 0.2) is 0 Å². The van der Waals surface area contributed by atoms with Crippen LogP contribution >= 0.6 is 15.9 Å². The molecule has 0 radical (unpaired) electrons. The molecule has 4 heteroatoms. The lowest BCUT2D eigenvalue weighted by molar-refractivity contribution is 0.415. The largest absolute Gasteiger partial charge is 0.497 e. The van der Waals surface area contributed by atoms with E-state index >= 15 is 0 Å². The Hall–Kier alpha value is -1.81. The molecule has 0 N–H and O–H groups in total. The van der Waals surface area contributed by atoms with Gasteiger partial charge in [0.2, 0.25) is 0 Å².